The molecule has 3 heterocycles. The molecule has 3 rings (SSSR count). The molecule has 0 radical (unpaired) electrons. The first kappa shape index (κ1) is 15.7. The highest BCUT2D eigenvalue weighted by Gasteiger charge is 2.38. The van der Waals surface area contributed by atoms with E-state index in [2.05, 4.69) is 21.0 Å². The number of primary amides is 1. The van der Waals surface area contributed by atoms with Gasteiger partial charge in [-0.25, -0.2) is 0 Å². The van der Waals surface area contributed by atoms with Crippen LogP contribution in [-0.4, -0.2) is 38.7 Å². The van der Waals surface area contributed by atoms with Crippen LogP contribution in [0, 0.1) is 19.8 Å². The van der Waals surface area contributed by atoms with Gasteiger partial charge in [-0.1, -0.05) is 6.07 Å². The van der Waals surface area contributed by atoms with Crippen LogP contribution < -0.4 is 5.73 Å². The van der Waals surface area contributed by atoms with Crippen LogP contribution in [0.5, 0.6) is 0 Å². The molecular formula is C17H23N5O. The molecule has 6 nitrogen and oxygen atoms in total. The molecular weight excluding hydrogens is 290 g/mol. The van der Waals surface area contributed by atoms with Crippen molar-refractivity contribution in [3.05, 3.63) is 47.0 Å². The first-order chi connectivity index (χ1) is 11.0. The van der Waals surface area contributed by atoms with Gasteiger partial charge < -0.3 is 5.73 Å². The van der Waals surface area contributed by atoms with E-state index < -0.39 is 0 Å². The van der Waals surface area contributed by atoms with E-state index in [4.69, 9.17) is 5.73 Å². The van der Waals surface area contributed by atoms with E-state index in [0.717, 1.165) is 30.0 Å². The van der Waals surface area contributed by atoms with Crippen LogP contribution in [0.15, 0.2) is 24.5 Å². The number of amides is 1. The Morgan fingerprint density at radius 1 is 1.39 bits per heavy atom. The number of carbonyl (C=O) groups excluding carboxylic acids is 1. The van der Waals surface area contributed by atoms with Gasteiger partial charge in [-0.15, -0.1) is 0 Å². The average Bonchev–Trinajstić information content (AvgIpc) is 3.06. The van der Waals surface area contributed by atoms with Crippen LogP contribution >= 0.6 is 0 Å². The monoisotopic (exact) mass is 313 g/mol. The Labute approximate surface area is 136 Å². The normalized spacial score (nSPS) is 21.7. The lowest BCUT2D eigenvalue weighted by atomic mass is 9.89. The molecule has 1 saturated heterocycles. The van der Waals surface area contributed by atoms with Gasteiger partial charge in [-0.3, -0.25) is 19.4 Å². The maximum atomic E-state index is 11.9. The number of rotatable bonds is 4. The maximum absolute atomic E-state index is 11.9. The Kier molecular flexibility index (Phi) is 4.17. The van der Waals surface area contributed by atoms with Gasteiger partial charge in [-0.2, -0.15) is 5.10 Å². The van der Waals surface area contributed by atoms with Crippen LogP contribution in [0.4, 0.5) is 0 Å². The molecule has 0 saturated carbocycles. The highest BCUT2D eigenvalue weighted by Crippen LogP contribution is 2.34. The fourth-order valence-corrected chi connectivity index (χ4v) is 3.42. The van der Waals surface area contributed by atoms with Gasteiger partial charge >= 0.3 is 0 Å². The Morgan fingerprint density at radius 3 is 2.78 bits per heavy atom. The first-order valence-electron chi connectivity index (χ1n) is 7.88. The average molecular weight is 313 g/mol. The number of pyridine rings is 1. The molecule has 0 spiro atoms. The molecule has 6 heteroatoms. The van der Waals surface area contributed by atoms with Gasteiger partial charge in [-0.05, 0) is 31.0 Å². The molecule has 2 aromatic rings. The lowest BCUT2D eigenvalue weighted by Gasteiger charge is -2.17. The molecule has 1 amide bonds. The SMILES string of the molecule is Cc1ncccc1CN1C[C@@H](C(N)=O)[C@H](c2cnn(C)c2C)C1. The minimum Gasteiger partial charge on any atom is -0.369 e. The molecule has 0 aromatic carbocycles. The van der Waals surface area contributed by atoms with E-state index in [9.17, 15) is 4.79 Å². The van der Waals surface area contributed by atoms with Gasteiger partial charge in [0.2, 0.25) is 5.91 Å². The van der Waals surface area contributed by atoms with Crippen molar-refractivity contribution in [1.29, 1.82) is 0 Å². The van der Waals surface area contributed by atoms with Crippen molar-refractivity contribution in [2.24, 2.45) is 18.7 Å². The van der Waals surface area contributed by atoms with E-state index in [1.807, 2.05) is 37.8 Å². The van der Waals surface area contributed by atoms with Crippen LogP contribution in [0.1, 0.15) is 28.4 Å². The number of carbonyl (C=O) groups is 1. The number of nitrogens with two attached hydrogens (primary N) is 1. The smallest absolute Gasteiger partial charge is 0.222 e. The highest BCUT2D eigenvalue weighted by atomic mass is 16.1. The lowest BCUT2D eigenvalue weighted by Crippen LogP contribution is -2.29. The molecule has 1 aliphatic heterocycles. The summed E-state index contributed by atoms with van der Waals surface area (Å²) in [6, 6.07) is 4.04. The Balaban J connectivity index is 1.83. The minimum atomic E-state index is -0.233. The topological polar surface area (TPSA) is 77.0 Å². The van der Waals surface area contributed by atoms with E-state index in [1.54, 1.807) is 6.20 Å². The summed E-state index contributed by atoms with van der Waals surface area (Å²) in [6.45, 7) is 6.34. The molecule has 0 aliphatic carbocycles. The zero-order valence-electron chi connectivity index (χ0n) is 13.9. The van der Waals surface area contributed by atoms with Crippen molar-refractivity contribution in [3.63, 3.8) is 0 Å². The lowest BCUT2D eigenvalue weighted by molar-refractivity contribution is -0.121. The number of aromatic nitrogens is 3. The number of aryl methyl sites for hydroxylation is 2. The summed E-state index contributed by atoms with van der Waals surface area (Å²) in [5, 5.41) is 4.31. The summed E-state index contributed by atoms with van der Waals surface area (Å²) in [4.78, 5) is 18.6. The van der Waals surface area contributed by atoms with Gasteiger partial charge in [0.25, 0.3) is 0 Å². The molecule has 1 aliphatic rings. The molecule has 23 heavy (non-hydrogen) atoms. The van der Waals surface area contributed by atoms with E-state index in [-0.39, 0.29) is 17.7 Å². The molecule has 2 aromatic heterocycles. The van der Waals surface area contributed by atoms with Gasteiger partial charge in [0.1, 0.15) is 0 Å². The molecule has 122 valence electrons. The summed E-state index contributed by atoms with van der Waals surface area (Å²) in [7, 11) is 1.92. The van der Waals surface area contributed by atoms with Crippen molar-refractivity contribution in [3.8, 4) is 0 Å². The fraction of sp³-hybridized carbons (Fsp3) is 0.471. The zero-order valence-corrected chi connectivity index (χ0v) is 13.9. The molecule has 0 bridgehead atoms. The summed E-state index contributed by atoms with van der Waals surface area (Å²) >= 11 is 0. The Hall–Kier alpha value is -2.21. The summed E-state index contributed by atoms with van der Waals surface area (Å²) in [6.07, 6.45) is 3.67. The van der Waals surface area contributed by atoms with Crippen molar-refractivity contribution < 1.29 is 4.79 Å². The van der Waals surface area contributed by atoms with Crippen LogP contribution in [0.2, 0.25) is 0 Å². The molecule has 1 fully saturated rings. The van der Waals surface area contributed by atoms with E-state index >= 15 is 0 Å². The second-order valence-electron chi connectivity index (χ2n) is 6.37. The number of likely N-dealkylation sites (tertiary alicyclic amines) is 1. The van der Waals surface area contributed by atoms with Crippen molar-refractivity contribution >= 4 is 5.91 Å². The quantitative estimate of drug-likeness (QED) is 0.918. The van der Waals surface area contributed by atoms with Crippen molar-refractivity contribution in [2.75, 3.05) is 13.1 Å². The Morgan fingerprint density at radius 2 is 2.17 bits per heavy atom. The second kappa shape index (κ2) is 6.12. The molecule has 2 N–H and O–H groups in total. The third kappa shape index (κ3) is 2.99. The van der Waals surface area contributed by atoms with Crippen molar-refractivity contribution in [1.82, 2.24) is 19.7 Å². The molecule has 2 atom stereocenters. The first-order valence-corrected chi connectivity index (χ1v) is 7.88. The predicted octanol–water partition coefficient (Wildman–Crippen LogP) is 1.13. The molecule has 0 unspecified atom stereocenters. The van der Waals surface area contributed by atoms with Gasteiger partial charge in [0, 0.05) is 50.2 Å². The summed E-state index contributed by atoms with van der Waals surface area (Å²) < 4.78 is 1.85. The summed E-state index contributed by atoms with van der Waals surface area (Å²) in [5.41, 5.74) is 10.1. The number of hydrogen-bond acceptors (Lipinski definition) is 4. The van der Waals surface area contributed by atoms with Crippen LogP contribution in [-0.2, 0) is 18.4 Å². The van der Waals surface area contributed by atoms with Gasteiger partial charge in [0.15, 0.2) is 0 Å². The maximum Gasteiger partial charge on any atom is 0.222 e. The second-order valence-corrected chi connectivity index (χ2v) is 6.37. The van der Waals surface area contributed by atoms with Crippen LogP contribution in [0.3, 0.4) is 0 Å². The van der Waals surface area contributed by atoms with Crippen LogP contribution in [0.25, 0.3) is 0 Å². The Bertz CT molecular complexity index is 724. The number of hydrogen-bond donors (Lipinski definition) is 1. The minimum absolute atomic E-state index is 0.109. The largest absolute Gasteiger partial charge is 0.369 e. The zero-order chi connectivity index (χ0) is 16.6. The predicted molar refractivity (Wildman–Crippen MR) is 87.6 cm³/mol. The standard InChI is InChI=1S/C17H23N5O/c1-11-13(5-4-6-19-11)8-22-9-15(16(10-22)17(18)23)14-7-20-21(3)12(14)2/h4-7,15-16H,8-10H2,1-3H3,(H2,18,23)/t15-,16+/m0/s1. The third-order valence-electron chi connectivity index (χ3n) is 4.94. The van der Waals surface area contributed by atoms with Crippen molar-refractivity contribution in [2.45, 2.75) is 26.3 Å². The highest BCUT2D eigenvalue weighted by molar-refractivity contribution is 5.78. The van der Waals surface area contributed by atoms with Gasteiger partial charge in [0.05, 0.1) is 12.1 Å². The summed E-state index contributed by atoms with van der Waals surface area (Å²) in [5.74, 6) is -0.295. The fourth-order valence-electron chi connectivity index (χ4n) is 3.42. The third-order valence-corrected chi connectivity index (χ3v) is 4.94. The number of nitrogens with zero attached hydrogens (tertiary/aromatic N) is 4. The van der Waals surface area contributed by atoms with E-state index in [0.29, 0.717) is 6.54 Å². The van der Waals surface area contributed by atoms with E-state index in [1.165, 1.54) is 5.56 Å².